The fraction of sp³-hybridized carbons (Fsp3) is 0.368. The first-order chi connectivity index (χ1) is 12.9. The molecule has 0 amide bonds. The first-order valence-electron chi connectivity index (χ1n) is 8.80. The SMILES string of the molecule is Cc1nc(N2CCC(c3ccc4cccnc4n3)CC2)cc(C(F)(F)F)n1. The van der Waals surface area contributed by atoms with Crippen molar-refractivity contribution in [3.05, 3.63) is 53.7 Å². The van der Waals surface area contributed by atoms with Gasteiger partial charge in [0.05, 0.1) is 0 Å². The fourth-order valence-electron chi connectivity index (χ4n) is 3.46. The molecule has 0 aromatic carbocycles. The van der Waals surface area contributed by atoms with Crippen LogP contribution in [0.1, 0.15) is 36.0 Å². The number of aryl methyl sites for hydroxylation is 1. The Labute approximate surface area is 154 Å². The van der Waals surface area contributed by atoms with Gasteiger partial charge in [0.25, 0.3) is 0 Å². The minimum absolute atomic E-state index is 0.129. The van der Waals surface area contributed by atoms with Crippen molar-refractivity contribution < 1.29 is 13.2 Å². The molecule has 0 unspecified atom stereocenters. The van der Waals surface area contributed by atoms with Crippen molar-refractivity contribution >= 4 is 16.9 Å². The van der Waals surface area contributed by atoms with Gasteiger partial charge in [-0.3, -0.25) is 0 Å². The quantitative estimate of drug-likeness (QED) is 0.676. The van der Waals surface area contributed by atoms with E-state index in [1.165, 1.54) is 6.92 Å². The normalized spacial score (nSPS) is 16.1. The van der Waals surface area contributed by atoms with Gasteiger partial charge >= 0.3 is 6.18 Å². The van der Waals surface area contributed by atoms with Gasteiger partial charge in [-0.2, -0.15) is 13.2 Å². The minimum atomic E-state index is -4.47. The zero-order chi connectivity index (χ0) is 19.0. The first-order valence-corrected chi connectivity index (χ1v) is 8.80. The van der Waals surface area contributed by atoms with Crippen molar-refractivity contribution in [1.29, 1.82) is 0 Å². The maximum atomic E-state index is 13.0. The van der Waals surface area contributed by atoms with E-state index in [1.807, 2.05) is 29.2 Å². The largest absolute Gasteiger partial charge is 0.433 e. The van der Waals surface area contributed by atoms with Crippen LogP contribution in [0.2, 0.25) is 0 Å². The molecule has 3 aromatic rings. The van der Waals surface area contributed by atoms with E-state index in [1.54, 1.807) is 6.20 Å². The summed E-state index contributed by atoms with van der Waals surface area (Å²) in [5.74, 6) is 0.725. The third-order valence-corrected chi connectivity index (χ3v) is 4.84. The first kappa shape index (κ1) is 17.6. The van der Waals surface area contributed by atoms with E-state index in [9.17, 15) is 13.2 Å². The molecular weight excluding hydrogens is 355 g/mol. The highest BCUT2D eigenvalue weighted by atomic mass is 19.4. The summed E-state index contributed by atoms with van der Waals surface area (Å²) < 4.78 is 39.0. The molecule has 0 aliphatic carbocycles. The Hall–Kier alpha value is -2.77. The molecule has 1 fully saturated rings. The maximum Gasteiger partial charge on any atom is 0.433 e. The average Bonchev–Trinajstić information content (AvgIpc) is 2.66. The molecule has 0 radical (unpaired) electrons. The minimum Gasteiger partial charge on any atom is -0.356 e. The standard InChI is InChI=1S/C19H18F3N5/c1-12-24-16(19(20,21)22)11-17(25-12)27-9-6-13(7-10-27)15-5-4-14-3-2-8-23-18(14)26-15/h2-5,8,11,13H,6-7,9-10H2,1H3. The number of rotatable bonds is 2. The lowest BCUT2D eigenvalue weighted by atomic mass is 9.93. The number of pyridine rings is 2. The fourth-order valence-corrected chi connectivity index (χ4v) is 3.46. The topological polar surface area (TPSA) is 54.8 Å². The Morgan fingerprint density at radius 1 is 1.04 bits per heavy atom. The number of aromatic nitrogens is 4. The summed E-state index contributed by atoms with van der Waals surface area (Å²) in [6.07, 6.45) is -1.15. The smallest absolute Gasteiger partial charge is 0.356 e. The summed E-state index contributed by atoms with van der Waals surface area (Å²) in [6.45, 7) is 2.73. The van der Waals surface area contributed by atoms with E-state index < -0.39 is 11.9 Å². The van der Waals surface area contributed by atoms with Crippen molar-refractivity contribution in [3.63, 3.8) is 0 Å². The van der Waals surface area contributed by atoms with Crippen LogP contribution in [0, 0.1) is 6.92 Å². The van der Waals surface area contributed by atoms with Gasteiger partial charge < -0.3 is 4.90 Å². The van der Waals surface area contributed by atoms with Crippen molar-refractivity contribution in [2.24, 2.45) is 0 Å². The Balaban J connectivity index is 1.51. The summed E-state index contributed by atoms with van der Waals surface area (Å²) in [4.78, 5) is 18.5. The Kier molecular flexibility index (Phi) is 4.41. The lowest BCUT2D eigenvalue weighted by molar-refractivity contribution is -0.141. The zero-order valence-corrected chi connectivity index (χ0v) is 14.7. The lowest BCUT2D eigenvalue weighted by Crippen LogP contribution is -2.34. The average molecular weight is 373 g/mol. The van der Waals surface area contributed by atoms with Gasteiger partial charge in [-0.1, -0.05) is 0 Å². The third-order valence-electron chi connectivity index (χ3n) is 4.84. The van der Waals surface area contributed by atoms with E-state index in [0.29, 0.717) is 18.9 Å². The van der Waals surface area contributed by atoms with Crippen LogP contribution in [0.5, 0.6) is 0 Å². The van der Waals surface area contributed by atoms with E-state index >= 15 is 0 Å². The number of piperidine rings is 1. The van der Waals surface area contributed by atoms with Gasteiger partial charge in [0, 0.05) is 42.4 Å². The predicted molar refractivity (Wildman–Crippen MR) is 95.5 cm³/mol. The molecular formula is C19H18F3N5. The molecule has 27 heavy (non-hydrogen) atoms. The number of alkyl halides is 3. The predicted octanol–water partition coefficient (Wildman–Crippen LogP) is 4.13. The van der Waals surface area contributed by atoms with Crippen molar-refractivity contribution in [3.8, 4) is 0 Å². The van der Waals surface area contributed by atoms with Crippen LogP contribution in [0.3, 0.4) is 0 Å². The van der Waals surface area contributed by atoms with Crippen LogP contribution in [0.4, 0.5) is 19.0 Å². The van der Waals surface area contributed by atoms with Gasteiger partial charge in [-0.25, -0.2) is 19.9 Å². The third kappa shape index (κ3) is 3.70. The molecule has 4 rings (SSSR count). The molecule has 5 nitrogen and oxygen atoms in total. The summed E-state index contributed by atoms with van der Waals surface area (Å²) in [7, 11) is 0. The van der Waals surface area contributed by atoms with E-state index in [4.69, 9.17) is 0 Å². The summed E-state index contributed by atoms with van der Waals surface area (Å²) >= 11 is 0. The summed E-state index contributed by atoms with van der Waals surface area (Å²) in [5, 5.41) is 0.995. The maximum absolute atomic E-state index is 13.0. The Bertz CT molecular complexity index is 965. The van der Waals surface area contributed by atoms with Crippen molar-refractivity contribution in [2.75, 3.05) is 18.0 Å². The molecule has 140 valence electrons. The van der Waals surface area contributed by atoms with Gasteiger partial charge in [0.15, 0.2) is 5.65 Å². The van der Waals surface area contributed by atoms with E-state index in [-0.39, 0.29) is 11.7 Å². The number of halogens is 3. The van der Waals surface area contributed by atoms with Crippen LogP contribution in [0.25, 0.3) is 11.0 Å². The molecule has 1 aliphatic heterocycles. The highest BCUT2D eigenvalue weighted by Gasteiger charge is 2.34. The number of hydrogen-bond acceptors (Lipinski definition) is 5. The molecule has 0 bridgehead atoms. The van der Waals surface area contributed by atoms with E-state index in [2.05, 4.69) is 19.9 Å². The Morgan fingerprint density at radius 2 is 1.81 bits per heavy atom. The summed E-state index contributed by atoms with van der Waals surface area (Å²) in [5.41, 5.74) is 0.809. The van der Waals surface area contributed by atoms with E-state index in [0.717, 1.165) is 35.6 Å². The lowest BCUT2D eigenvalue weighted by Gasteiger charge is -2.33. The number of anilines is 1. The van der Waals surface area contributed by atoms with Crippen LogP contribution in [0.15, 0.2) is 36.5 Å². The second-order valence-electron chi connectivity index (χ2n) is 6.70. The van der Waals surface area contributed by atoms with Crippen molar-refractivity contribution in [1.82, 2.24) is 19.9 Å². The van der Waals surface area contributed by atoms with Crippen LogP contribution < -0.4 is 4.90 Å². The Morgan fingerprint density at radius 3 is 2.56 bits per heavy atom. The molecule has 0 N–H and O–H groups in total. The monoisotopic (exact) mass is 373 g/mol. The molecule has 4 heterocycles. The molecule has 8 heteroatoms. The second kappa shape index (κ2) is 6.75. The second-order valence-corrected chi connectivity index (χ2v) is 6.70. The summed E-state index contributed by atoms with van der Waals surface area (Å²) in [6, 6.07) is 8.91. The number of nitrogens with zero attached hydrogens (tertiary/aromatic N) is 5. The van der Waals surface area contributed by atoms with Crippen LogP contribution in [-0.2, 0) is 6.18 Å². The molecule has 1 saturated heterocycles. The molecule has 0 saturated carbocycles. The van der Waals surface area contributed by atoms with Gasteiger partial charge in [0.1, 0.15) is 17.3 Å². The molecule has 1 aliphatic rings. The molecule has 3 aromatic heterocycles. The van der Waals surface area contributed by atoms with Gasteiger partial charge in [-0.05, 0) is 44.0 Å². The van der Waals surface area contributed by atoms with Gasteiger partial charge in [0.2, 0.25) is 0 Å². The van der Waals surface area contributed by atoms with Crippen LogP contribution in [-0.4, -0.2) is 33.0 Å². The highest BCUT2D eigenvalue weighted by molar-refractivity contribution is 5.74. The highest BCUT2D eigenvalue weighted by Crippen LogP contribution is 2.33. The van der Waals surface area contributed by atoms with Crippen LogP contribution >= 0.6 is 0 Å². The number of hydrogen-bond donors (Lipinski definition) is 0. The zero-order valence-electron chi connectivity index (χ0n) is 14.7. The number of fused-ring (bicyclic) bond motifs is 1. The molecule has 0 spiro atoms. The van der Waals surface area contributed by atoms with Crippen molar-refractivity contribution in [2.45, 2.75) is 31.9 Å². The molecule has 0 atom stereocenters. The van der Waals surface area contributed by atoms with Gasteiger partial charge in [-0.15, -0.1) is 0 Å².